The zero-order valence-electron chi connectivity index (χ0n) is 34.0. The average molecular weight is 732 g/mol. The van der Waals surface area contributed by atoms with E-state index in [1.54, 1.807) is 0 Å². The summed E-state index contributed by atoms with van der Waals surface area (Å²) in [5, 5.41) is 36.3. The van der Waals surface area contributed by atoms with Crippen molar-refractivity contribution < 1.29 is 15.3 Å². The van der Waals surface area contributed by atoms with Crippen LogP contribution in [0.15, 0.2) is 127 Å². The van der Waals surface area contributed by atoms with Gasteiger partial charge in [0.1, 0.15) is 17.2 Å². The second-order valence-corrected chi connectivity index (χ2v) is 18.1. The lowest BCUT2D eigenvalue weighted by atomic mass is 9.83. The molecule has 55 heavy (non-hydrogen) atoms. The third-order valence-corrected chi connectivity index (χ3v) is 10.6. The molecule has 0 unspecified atom stereocenters. The van der Waals surface area contributed by atoms with E-state index in [0.717, 1.165) is 66.8 Å². The molecule has 0 fully saturated rings. The van der Waals surface area contributed by atoms with Crippen LogP contribution in [-0.4, -0.2) is 20.2 Å². The highest BCUT2D eigenvalue weighted by Crippen LogP contribution is 2.42. The molecule has 0 aliphatic carbocycles. The molecule has 0 bridgehead atoms. The van der Waals surface area contributed by atoms with E-state index >= 15 is 0 Å². The van der Waals surface area contributed by atoms with Crippen LogP contribution in [0.25, 0.3) is 33.4 Å². The van der Waals surface area contributed by atoms with Crippen LogP contribution in [0.2, 0.25) is 0 Å². The SMILES string of the molecule is CC(C)(C)c1cc(CN(Cc2cc(C(C)(C)C)cc(-c3ccccc3)c2O)Cc2cc(C(C)(C)C)cc(-c3ccccc3)c2O)c(O)c(-c2ccccc2)c1. The molecule has 0 amide bonds. The van der Waals surface area contributed by atoms with Crippen LogP contribution in [0.3, 0.4) is 0 Å². The van der Waals surface area contributed by atoms with Crippen molar-refractivity contribution in [1.29, 1.82) is 0 Å². The molecule has 0 saturated heterocycles. The molecule has 284 valence electrons. The van der Waals surface area contributed by atoms with Crippen LogP contribution >= 0.6 is 0 Å². The first-order valence-corrected chi connectivity index (χ1v) is 19.4. The summed E-state index contributed by atoms with van der Waals surface area (Å²) >= 11 is 0. The van der Waals surface area contributed by atoms with Gasteiger partial charge < -0.3 is 15.3 Å². The molecule has 0 radical (unpaired) electrons. The van der Waals surface area contributed by atoms with Gasteiger partial charge in [-0.3, -0.25) is 4.90 Å². The molecule has 4 heteroatoms. The Bertz CT molecular complexity index is 2000. The van der Waals surface area contributed by atoms with Gasteiger partial charge in [0, 0.05) is 53.0 Å². The lowest BCUT2D eigenvalue weighted by Gasteiger charge is -2.29. The second-order valence-electron chi connectivity index (χ2n) is 18.1. The van der Waals surface area contributed by atoms with Crippen molar-refractivity contribution in [2.75, 3.05) is 0 Å². The number of hydrogen-bond acceptors (Lipinski definition) is 4. The molecular formula is C51H57NO3. The molecule has 6 aromatic rings. The minimum Gasteiger partial charge on any atom is -0.507 e. The van der Waals surface area contributed by atoms with E-state index in [9.17, 15) is 15.3 Å². The molecule has 4 nitrogen and oxygen atoms in total. The fourth-order valence-corrected chi connectivity index (χ4v) is 7.15. The van der Waals surface area contributed by atoms with Gasteiger partial charge in [0.05, 0.1) is 0 Å². The van der Waals surface area contributed by atoms with E-state index in [4.69, 9.17) is 0 Å². The average Bonchev–Trinajstić information content (AvgIpc) is 3.13. The van der Waals surface area contributed by atoms with E-state index in [-0.39, 0.29) is 33.5 Å². The molecule has 0 saturated carbocycles. The number of nitrogens with zero attached hydrogens (tertiary/aromatic N) is 1. The van der Waals surface area contributed by atoms with Crippen molar-refractivity contribution in [2.45, 2.75) is 98.2 Å². The maximum Gasteiger partial charge on any atom is 0.127 e. The molecule has 0 spiro atoms. The minimum absolute atomic E-state index is 0.176. The van der Waals surface area contributed by atoms with Crippen molar-refractivity contribution in [2.24, 2.45) is 0 Å². The standard InChI is InChI=1S/C51H57NO3/c1-49(2,3)40-25-37(46(53)43(28-40)34-19-13-10-14-20-34)31-52(32-38-26-41(50(4,5)6)29-44(47(38)54)35-21-15-11-16-22-35)33-39-27-42(51(7,8)9)30-45(48(39)55)36-23-17-12-18-24-36/h10-30,53-55H,31-33H2,1-9H3. The van der Waals surface area contributed by atoms with Crippen molar-refractivity contribution in [3.63, 3.8) is 0 Å². The second kappa shape index (κ2) is 15.4. The maximum absolute atomic E-state index is 12.1. The Labute approximate surface area is 328 Å². The van der Waals surface area contributed by atoms with E-state index in [2.05, 4.69) is 104 Å². The fraction of sp³-hybridized carbons (Fsp3) is 0.294. The molecule has 0 heterocycles. The number of benzene rings is 6. The molecule has 3 N–H and O–H groups in total. The number of phenolic OH excluding ortho intramolecular Hbond substituents is 3. The summed E-state index contributed by atoms with van der Waals surface area (Å²) in [6.45, 7) is 20.8. The quantitative estimate of drug-likeness (QED) is 0.139. The van der Waals surface area contributed by atoms with Crippen LogP contribution in [0.4, 0.5) is 0 Å². The van der Waals surface area contributed by atoms with Crippen LogP contribution in [-0.2, 0) is 35.9 Å². The number of aromatic hydroxyl groups is 3. The van der Waals surface area contributed by atoms with Gasteiger partial charge in [-0.25, -0.2) is 0 Å². The third kappa shape index (κ3) is 8.98. The number of rotatable bonds is 9. The van der Waals surface area contributed by atoms with Gasteiger partial charge in [-0.2, -0.15) is 0 Å². The van der Waals surface area contributed by atoms with E-state index < -0.39 is 0 Å². The smallest absolute Gasteiger partial charge is 0.127 e. The first-order valence-electron chi connectivity index (χ1n) is 19.4. The number of hydrogen-bond donors (Lipinski definition) is 3. The van der Waals surface area contributed by atoms with Crippen LogP contribution in [0.1, 0.15) is 95.7 Å². The molecule has 6 rings (SSSR count). The highest BCUT2D eigenvalue weighted by atomic mass is 16.3. The van der Waals surface area contributed by atoms with Crippen molar-refractivity contribution in [1.82, 2.24) is 4.90 Å². The largest absolute Gasteiger partial charge is 0.507 e. The predicted molar refractivity (Wildman–Crippen MR) is 230 cm³/mol. The summed E-state index contributed by atoms with van der Waals surface area (Å²) in [5.41, 5.74) is 10.4. The lowest BCUT2D eigenvalue weighted by molar-refractivity contribution is 0.237. The molecular weight excluding hydrogens is 675 g/mol. The monoisotopic (exact) mass is 731 g/mol. The summed E-state index contributed by atoms with van der Waals surface area (Å²) in [6.07, 6.45) is 0. The summed E-state index contributed by atoms with van der Waals surface area (Å²) in [4.78, 5) is 2.24. The first kappa shape index (κ1) is 39.4. The molecule has 0 aromatic heterocycles. The zero-order valence-corrected chi connectivity index (χ0v) is 34.0. The highest BCUT2D eigenvalue weighted by molar-refractivity contribution is 5.75. The summed E-state index contributed by atoms with van der Waals surface area (Å²) < 4.78 is 0. The molecule has 6 aromatic carbocycles. The maximum atomic E-state index is 12.1. The van der Waals surface area contributed by atoms with Gasteiger partial charge in [0.15, 0.2) is 0 Å². The Hall–Kier alpha value is -5.32. The Kier molecular flexibility index (Phi) is 11.0. The Morgan fingerprint density at radius 2 is 0.600 bits per heavy atom. The van der Waals surface area contributed by atoms with Crippen molar-refractivity contribution in [3.8, 4) is 50.6 Å². The fourth-order valence-electron chi connectivity index (χ4n) is 7.15. The Morgan fingerprint density at radius 1 is 0.364 bits per heavy atom. The van der Waals surface area contributed by atoms with Crippen LogP contribution < -0.4 is 0 Å². The Morgan fingerprint density at radius 3 is 0.818 bits per heavy atom. The van der Waals surface area contributed by atoms with Crippen molar-refractivity contribution in [3.05, 3.63) is 161 Å². The molecule has 0 atom stereocenters. The van der Waals surface area contributed by atoms with Crippen LogP contribution in [0.5, 0.6) is 17.2 Å². The van der Waals surface area contributed by atoms with Gasteiger partial charge >= 0.3 is 0 Å². The summed E-state index contributed by atoms with van der Waals surface area (Å²) in [7, 11) is 0. The van der Waals surface area contributed by atoms with E-state index in [0.29, 0.717) is 19.6 Å². The summed E-state index contributed by atoms with van der Waals surface area (Å²) in [6, 6.07) is 42.8. The molecule has 0 aliphatic heterocycles. The van der Waals surface area contributed by atoms with Crippen molar-refractivity contribution >= 4 is 0 Å². The van der Waals surface area contributed by atoms with Crippen LogP contribution in [0, 0.1) is 0 Å². The van der Waals surface area contributed by atoms with Gasteiger partial charge in [0.25, 0.3) is 0 Å². The third-order valence-electron chi connectivity index (χ3n) is 10.6. The Balaban J connectivity index is 1.55. The normalized spacial score (nSPS) is 12.3. The van der Waals surface area contributed by atoms with Gasteiger partial charge in [-0.05, 0) is 67.8 Å². The minimum atomic E-state index is -0.176. The zero-order chi connectivity index (χ0) is 39.7. The number of phenols is 3. The predicted octanol–water partition coefficient (Wildman–Crippen LogP) is 12.9. The van der Waals surface area contributed by atoms with Gasteiger partial charge in [0.2, 0.25) is 0 Å². The molecule has 0 aliphatic rings. The van der Waals surface area contributed by atoms with E-state index in [1.807, 2.05) is 91.0 Å². The first-order chi connectivity index (χ1) is 25.9. The van der Waals surface area contributed by atoms with Gasteiger partial charge in [-0.15, -0.1) is 0 Å². The topological polar surface area (TPSA) is 63.9 Å². The summed E-state index contributed by atoms with van der Waals surface area (Å²) in [5.74, 6) is 0.707. The highest BCUT2D eigenvalue weighted by Gasteiger charge is 2.26. The lowest BCUT2D eigenvalue weighted by Crippen LogP contribution is -2.24. The van der Waals surface area contributed by atoms with Gasteiger partial charge in [-0.1, -0.05) is 172 Å². The van der Waals surface area contributed by atoms with E-state index in [1.165, 1.54) is 0 Å².